The number of hydrogen-bond acceptors (Lipinski definition) is 4. The van der Waals surface area contributed by atoms with E-state index >= 15 is 0 Å². The van der Waals surface area contributed by atoms with Gasteiger partial charge in [-0.05, 0) is 29.6 Å². The summed E-state index contributed by atoms with van der Waals surface area (Å²) in [6, 6.07) is 8.61. The number of nitrogens with zero attached hydrogens (tertiary/aromatic N) is 1. The summed E-state index contributed by atoms with van der Waals surface area (Å²) in [5.41, 5.74) is 6.50. The first kappa shape index (κ1) is 13.6. The van der Waals surface area contributed by atoms with Gasteiger partial charge in [-0.25, -0.2) is 0 Å². The Labute approximate surface area is 121 Å². The van der Waals surface area contributed by atoms with Gasteiger partial charge in [0.05, 0.1) is 10.6 Å². The molecule has 5 nitrogen and oxygen atoms in total. The molecule has 7 heteroatoms. The topological polar surface area (TPSA) is 87.7 Å². The summed E-state index contributed by atoms with van der Waals surface area (Å²) in [5, 5.41) is 16.2. The number of carbonyl (C=O) groups is 1. The van der Waals surface area contributed by atoms with E-state index in [9.17, 15) is 4.79 Å². The van der Waals surface area contributed by atoms with E-state index in [-0.39, 0.29) is 11.7 Å². The lowest BCUT2D eigenvalue weighted by atomic mass is 10.1. The first-order chi connectivity index (χ1) is 9.11. The molecule has 1 amide bonds. The number of nitrogens with two attached hydrogens (primary N) is 1. The van der Waals surface area contributed by atoms with Gasteiger partial charge in [-0.3, -0.25) is 4.79 Å². The number of thiophene rings is 1. The number of nitrogens with one attached hydrogen (secondary N) is 1. The fraction of sp³-hybridized carbons (Fsp3) is 0. The molecule has 0 atom stereocenters. The van der Waals surface area contributed by atoms with E-state index in [1.807, 2.05) is 5.38 Å². The Kier molecular flexibility index (Phi) is 4.18. The van der Waals surface area contributed by atoms with Crippen LogP contribution in [0.15, 0.2) is 45.3 Å². The molecule has 2 aromatic rings. The molecule has 0 unspecified atom stereocenters. The molecule has 0 aliphatic carbocycles. The number of carbonyl (C=O) groups excluding carboxylic acids is 1. The highest BCUT2D eigenvalue weighted by Crippen LogP contribution is 2.22. The standard InChI is InChI=1S/C12H10BrN3O2S/c13-7-3-4-8(11(14)16-18)9(6-7)15-12(17)10-2-1-5-19-10/h1-6,18H,(H2,14,16)(H,15,17). The summed E-state index contributed by atoms with van der Waals surface area (Å²) >= 11 is 4.65. The van der Waals surface area contributed by atoms with Crippen LogP contribution in [0.1, 0.15) is 15.2 Å². The number of hydrogen-bond donors (Lipinski definition) is 3. The van der Waals surface area contributed by atoms with E-state index in [1.165, 1.54) is 11.3 Å². The number of rotatable bonds is 3. The van der Waals surface area contributed by atoms with Crippen LogP contribution >= 0.6 is 27.3 Å². The highest BCUT2D eigenvalue weighted by molar-refractivity contribution is 9.10. The smallest absolute Gasteiger partial charge is 0.265 e. The van der Waals surface area contributed by atoms with Crippen molar-refractivity contribution >= 4 is 44.7 Å². The maximum absolute atomic E-state index is 12.0. The second-order valence-electron chi connectivity index (χ2n) is 3.61. The highest BCUT2D eigenvalue weighted by Gasteiger charge is 2.12. The molecule has 0 saturated heterocycles. The fourth-order valence-corrected chi connectivity index (χ4v) is 2.47. The van der Waals surface area contributed by atoms with Crippen LogP contribution < -0.4 is 11.1 Å². The molecule has 1 aromatic carbocycles. The van der Waals surface area contributed by atoms with Crippen molar-refractivity contribution in [1.29, 1.82) is 0 Å². The van der Waals surface area contributed by atoms with Gasteiger partial charge in [0.1, 0.15) is 0 Å². The summed E-state index contributed by atoms with van der Waals surface area (Å²) < 4.78 is 0.781. The van der Waals surface area contributed by atoms with Gasteiger partial charge >= 0.3 is 0 Å². The van der Waals surface area contributed by atoms with E-state index in [4.69, 9.17) is 10.9 Å². The molecule has 19 heavy (non-hydrogen) atoms. The molecule has 0 saturated carbocycles. The van der Waals surface area contributed by atoms with Crippen molar-refractivity contribution in [2.75, 3.05) is 5.32 Å². The van der Waals surface area contributed by atoms with Gasteiger partial charge in [0, 0.05) is 10.0 Å². The normalized spacial score (nSPS) is 11.3. The summed E-state index contributed by atoms with van der Waals surface area (Å²) in [5.74, 6) is -0.297. The number of amides is 1. The van der Waals surface area contributed by atoms with Crippen molar-refractivity contribution in [2.45, 2.75) is 0 Å². The molecule has 0 bridgehead atoms. The molecule has 0 aliphatic rings. The number of amidine groups is 1. The van der Waals surface area contributed by atoms with Crippen LogP contribution in [-0.2, 0) is 0 Å². The van der Waals surface area contributed by atoms with Crippen molar-refractivity contribution in [2.24, 2.45) is 10.9 Å². The first-order valence-corrected chi connectivity index (χ1v) is 6.91. The van der Waals surface area contributed by atoms with Crippen LogP contribution in [0.4, 0.5) is 5.69 Å². The predicted octanol–water partition coefficient (Wildman–Crippen LogP) is 2.86. The van der Waals surface area contributed by atoms with Crippen molar-refractivity contribution in [3.8, 4) is 0 Å². The van der Waals surface area contributed by atoms with Crippen molar-refractivity contribution in [3.05, 3.63) is 50.6 Å². The van der Waals surface area contributed by atoms with Crippen LogP contribution in [-0.4, -0.2) is 17.0 Å². The van der Waals surface area contributed by atoms with Crippen LogP contribution in [0.5, 0.6) is 0 Å². The largest absolute Gasteiger partial charge is 0.409 e. The number of anilines is 1. The van der Waals surface area contributed by atoms with Crippen molar-refractivity contribution in [3.63, 3.8) is 0 Å². The first-order valence-electron chi connectivity index (χ1n) is 5.24. The second-order valence-corrected chi connectivity index (χ2v) is 5.47. The Hall–Kier alpha value is -1.86. The minimum Gasteiger partial charge on any atom is -0.409 e. The summed E-state index contributed by atoms with van der Waals surface area (Å²) in [6.45, 7) is 0. The molecule has 0 spiro atoms. The van der Waals surface area contributed by atoms with Crippen LogP contribution in [0.25, 0.3) is 0 Å². The lowest BCUT2D eigenvalue weighted by Crippen LogP contribution is -2.18. The van der Waals surface area contributed by atoms with Crippen LogP contribution in [0.3, 0.4) is 0 Å². The van der Waals surface area contributed by atoms with Crippen LogP contribution in [0.2, 0.25) is 0 Å². The van der Waals surface area contributed by atoms with Crippen LogP contribution in [0, 0.1) is 0 Å². The van der Waals surface area contributed by atoms with E-state index in [0.29, 0.717) is 16.1 Å². The highest BCUT2D eigenvalue weighted by atomic mass is 79.9. The molecule has 0 aliphatic heterocycles. The van der Waals surface area contributed by atoms with E-state index in [2.05, 4.69) is 26.4 Å². The molecular weight excluding hydrogens is 330 g/mol. The molecule has 4 N–H and O–H groups in total. The van der Waals surface area contributed by atoms with E-state index in [1.54, 1.807) is 30.3 Å². The minimum absolute atomic E-state index is 0.0611. The quantitative estimate of drug-likeness (QED) is 0.347. The van der Waals surface area contributed by atoms with E-state index in [0.717, 1.165) is 4.47 Å². The van der Waals surface area contributed by atoms with E-state index < -0.39 is 0 Å². The SMILES string of the molecule is N/C(=N/O)c1ccc(Br)cc1NC(=O)c1cccs1. The number of benzene rings is 1. The van der Waals surface area contributed by atoms with Crippen molar-refractivity contribution in [1.82, 2.24) is 0 Å². The lowest BCUT2D eigenvalue weighted by molar-refractivity contribution is 0.103. The summed E-state index contributed by atoms with van der Waals surface area (Å²) in [6.07, 6.45) is 0. The Morgan fingerprint density at radius 3 is 2.84 bits per heavy atom. The third-order valence-corrected chi connectivity index (χ3v) is 3.72. The zero-order valence-electron chi connectivity index (χ0n) is 9.63. The zero-order chi connectivity index (χ0) is 13.8. The maximum atomic E-state index is 12.0. The average molecular weight is 340 g/mol. The van der Waals surface area contributed by atoms with Gasteiger partial charge in [-0.15, -0.1) is 11.3 Å². The molecule has 98 valence electrons. The average Bonchev–Trinajstić information content (AvgIpc) is 2.92. The van der Waals surface area contributed by atoms with Gasteiger partial charge in [0.2, 0.25) is 0 Å². The minimum atomic E-state index is -0.236. The fourth-order valence-electron chi connectivity index (χ4n) is 1.49. The Morgan fingerprint density at radius 2 is 2.21 bits per heavy atom. The molecule has 1 aromatic heterocycles. The second kappa shape index (κ2) is 5.85. The predicted molar refractivity (Wildman–Crippen MR) is 78.9 cm³/mol. The Bertz CT molecular complexity index is 626. The monoisotopic (exact) mass is 339 g/mol. The number of halogens is 1. The summed E-state index contributed by atoms with van der Waals surface area (Å²) in [4.78, 5) is 12.6. The van der Waals surface area contributed by atoms with Gasteiger partial charge in [0.15, 0.2) is 5.84 Å². The molecule has 0 radical (unpaired) electrons. The molecule has 1 heterocycles. The van der Waals surface area contributed by atoms with Gasteiger partial charge in [0.25, 0.3) is 5.91 Å². The lowest BCUT2D eigenvalue weighted by Gasteiger charge is -2.10. The third-order valence-electron chi connectivity index (χ3n) is 2.36. The molecule has 0 fully saturated rings. The van der Waals surface area contributed by atoms with Crippen molar-refractivity contribution < 1.29 is 10.0 Å². The summed E-state index contributed by atoms with van der Waals surface area (Å²) in [7, 11) is 0. The Balaban J connectivity index is 2.33. The Morgan fingerprint density at radius 1 is 1.42 bits per heavy atom. The number of oxime groups is 1. The zero-order valence-corrected chi connectivity index (χ0v) is 12.0. The molecule has 2 rings (SSSR count). The van der Waals surface area contributed by atoms with Gasteiger partial charge in [-0.1, -0.05) is 27.2 Å². The maximum Gasteiger partial charge on any atom is 0.265 e. The third kappa shape index (κ3) is 3.12. The van der Waals surface area contributed by atoms with Gasteiger partial charge in [-0.2, -0.15) is 0 Å². The molecular formula is C12H10BrN3O2S. The van der Waals surface area contributed by atoms with Gasteiger partial charge < -0.3 is 16.3 Å².